The van der Waals surface area contributed by atoms with Crippen LogP contribution in [0.4, 0.5) is 0 Å². The molecule has 6 heteroatoms. The second-order valence-corrected chi connectivity index (χ2v) is 6.18. The first-order valence-corrected chi connectivity index (χ1v) is 8.10. The molecule has 0 bridgehead atoms. The van der Waals surface area contributed by atoms with Crippen molar-refractivity contribution in [3.63, 3.8) is 0 Å². The van der Waals surface area contributed by atoms with E-state index >= 15 is 0 Å². The van der Waals surface area contributed by atoms with Crippen LogP contribution in [0.5, 0.6) is 0 Å². The summed E-state index contributed by atoms with van der Waals surface area (Å²) in [5.41, 5.74) is 7.30. The third kappa shape index (κ3) is 3.42. The zero-order valence-electron chi connectivity index (χ0n) is 13.4. The smallest absolute Gasteiger partial charge is 0.227 e. The molecule has 0 spiro atoms. The molecule has 3 rings (SSSR count). The van der Waals surface area contributed by atoms with E-state index in [1.165, 1.54) is 6.33 Å². The molecule has 1 fully saturated rings. The SMILES string of the molecule is CC(C(=O)N1CCCC(n2cncn2)C1)C(N)c1ccccc1. The predicted octanol–water partition coefficient (Wildman–Crippen LogP) is 1.78. The first-order chi connectivity index (χ1) is 11.2. The molecule has 3 unspecified atom stereocenters. The molecule has 0 aliphatic carbocycles. The maximum Gasteiger partial charge on any atom is 0.227 e. The average Bonchev–Trinajstić information content (AvgIpc) is 3.15. The lowest BCUT2D eigenvalue weighted by atomic mass is 9.93. The van der Waals surface area contributed by atoms with E-state index < -0.39 is 0 Å². The summed E-state index contributed by atoms with van der Waals surface area (Å²) in [5.74, 6) is -0.127. The zero-order valence-corrected chi connectivity index (χ0v) is 13.4. The Morgan fingerprint density at radius 1 is 1.35 bits per heavy atom. The van der Waals surface area contributed by atoms with Gasteiger partial charge < -0.3 is 10.6 Å². The Morgan fingerprint density at radius 3 is 2.83 bits per heavy atom. The summed E-state index contributed by atoms with van der Waals surface area (Å²) in [5, 5.41) is 4.20. The molecule has 6 nitrogen and oxygen atoms in total. The van der Waals surface area contributed by atoms with Gasteiger partial charge in [-0.1, -0.05) is 37.3 Å². The fraction of sp³-hybridized carbons (Fsp3) is 0.471. The molecule has 2 N–H and O–H groups in total. The summed E-state index contributed by atoms with van der Waals surface area (Å²) < 4.78 is 1.85. The molecule has 1 aromatic heterocycles. The van der Waals surface area contributed by atoms with Gasteiger partial charge in [0.2, 0.25) is 5.91 Å². The summed E-state index contributed by atoms with van der Waals surface area (Å²) in [7, 11) is 0. The van der Waals surface area contributed by atoms with Crippen molar-refractivity contribution in [2.24, 2.45) is 11.7 Å². The summed E-state index contributed by atoms with van der Waals surface area (Å²) in [6, 6.07) is 9.73. The monoisotopic (exact) mass is 313 g/mol. The molecule has 2 aromatic rings. The molecule has 0 saturated carbocycles. The van der Waals surface area contributed by atoms with Crippen LogP contribution in [-0.2, 0) is 4.79 Å². The number of likely N-dealkylation sites (tertiary alicyclic amines) is 1. The number of nitrogens with zero attached hydrogens (tertiary/aromatic N) is 4. The molecular weight excluding hydrogens is 290 g/mol. The topological polar surface area (TPSA) is 77.0 Å². The van der Waals surface area contributed by atoms with Crippen molar-refractivity contribution in [1.29, 1.82) is 0 Å². The van der Waals surface area contributed by atoms with Crippen molar-refractivity contribution in [3.8, 4) is 0 Å². The minimum Gasteiger partial charge on any atom is -0.340 e. The number of nitrogens with two attached hydrogens (primary N) is 1. The van der Waals surface area contributed by atoms with Gasteiger partial charge in [0.15, 0.2) is 0 Å². The van der Waals surface area contributed by atoms with Crippen molar-refractivity contribution in [3.05, 3.63) is 48.5 Å². The first kappa shape index (κ1) is 15.7. The molecule has 23 heavy (non-hydrogen) atoms. The number of aromatic nitrogens is 3. The number of hydrogen-bond donors (Lipinski definition) is 1. The fourth-order valence-electron chi connectivity index (χ4n) is 3.18. The molecular formula is C17H23N5O. The second-order valence-electron chi connectivity index (χ2n) is 6.18. The Balaban J connectivity index is 1.67. The number of carbonyl (C=O) groups excluding carboxylic acids is 1. The highest BCUT2D eigenvalue weighted by Crippen LogP contribution is 2.25. The van der Waals surface area contributed by atoms with E-state index in [0.717, 1.165) is 24.9 Å². The Kier molecular flexibility index (Phi) is 4.71. The zero-order chi connectivity index (χ0) is 16.2. The van der Waals surface area contributed by atoms with Crippen LogP contribution in [0.1, 0.15) is 37.4 Å². The maximum absolute atomic E-state index is 12.8. The lowest BCUT2D eigenvalue weighted by Crippen LogP contribution is -2.45. The van der Waals surface area contributed by atoms with Crippen LogP contribution in [0, 0.1) is 5.92 Å². The van der Waals surface area contributed by atoms with Crippen molar-refractivity contribution >= 4 is 5.91 Å². The first-order valence-electron chi connectivity index (χ1n) is 8.10. The van der Waals surface area contributed by atoms with Crippen LogP contribution in [0.25, 0.3) is 0 Å². The van der Waals surface area contributed by atoms with Gasteiger partial charge in [0.05, 0.1) is 12.0 Å². The highest BCUT2D eigenvalue weighted by Gasteiger charge is 2.30. The molecule has 1 saturated heterocycles. The maximum atomic E-state index is 12.8. The lowest BCUT2D eigenvalue weighted by molar-refractivity contribution is -0.137. The molecule has 1 amide bonds. The van der Waals surface area contributed by atoms with E-state index in [0.29, 0.717) is 6.54 Å². The van der Waals surface area contributed by atoms with Crippen LogP contribution in [-0.4, -0.2) is 38.7 Å². The van der Waals surface area contributed by atoms with Gasteiger partial charge in [0.25, 0.3) is 0 Å². The van der Waals surface area contributed by atoms with Crippen molar-refractivity contribution < 1.29 is 4.79 Å². The van der Waals surface area contributed by atoms with Gasteiger partial charge in [-0.25, -0.2) is 9.67 Å². The number of carbonyl (C=O) groups is 1. The molecule has 122 valence electrons. The summed E-state index contributed by atoms with van der Waals surface area (Å²) >= 11 is 0. The number of benzene rings is 1. The van der Waals surface area contributed by atoms with Crippen molar-refractivity contribution in [2.45, 2.75) is 31.8 Å². The third-order valence-electron chi connectivity index (χ3n) is 4.63. The van der Waals surface area contributed by atoms with E-state index in [1.807, 2.05) is 46.8 Å². The standard InChI is InChI=1S/C17H23N5O/c1-13(16(18)14-6-3-2-4-7-14)17(23)21-9-5-8-15(10-21)22-12-19-11-20-22/h2-4,6-7,11-13,15-16H,5,8-10,18H2,1H3. The van der Waals surface area contributed by atoms with Gasteiger partial charge in [0, 0.05) is 19.1 Å². The van der Waals surface area contributed by atoms with Crippen molar-refractivity contribution in [2.75, 3.05) is 13.1 Å². The van der Waals surface area contributed by atoms with Crippen LogP contribution in [0.2, 0.25) is 0 Å². The number of piperidine rings is 1. The van der Waals surface area contributed by atoms with E-state index in [2.05, 4.69) is 10.1 Å². The van der Waals surface area contributed by atoms with Crippen LogP contribution < -0.4 is 5.73 Å². The molecule has 1 aliphatic heterocycles. The largest absolute Gasteiger partial charge is 0.340 e. The quantitative estimate of drug-likeness (QED) is 0.933. The van der Waals surface area contributed by atoms with Gasteiger partial charge in [-0.15, -0.1) is 0 Å². The van der Waals surface area contributed by atoms with Gasteiger partial charge in [0.1, 0.15) is 12.7 Å². The second kappa shape index (κ2) is 6.91. The molecule has 1 aromatic carbocycles. The van der Waals surface area contributed by atoms with E-state index in [-0.39, 0.29) is 23.9 Å². The van der Waals surface area contributed by atoms with Gasteiger partial charge >= 0.3 is 0 Å². The Hall–Kier alpha value is -2.21. The Labute approximate surface area is 136 Å². The average molecular weight is 313 g/mol. The van der Waals surface area contributed by atoms with Crippen molar-refractivity contribution in [1.82, 2.24) is 19.7 Å². The summed E-state index contributed by atoms with van der Waals surface area (Å²) in [6.07, 6.45) is 5.25. The van der Waals surface area contributed by atoms with Crippen LogP contribution in [0.15, 0.2) is 43.0 Å². The van der Waals surface area contributed by atoms with Crippen LogP contribution >= 0.6 is 0 Å². The van der Waals surface area contributed by atoms with Crippen LogP contribution in [0.3, 0.4) is 0 Å². The Bertz CT molecular complexity index is 628. The highest BCUT2D eigenvalue weighted by molar-refractivity contribution is 5.79. The molecule has 1 aliphatic rings. The number of rotatable bonds is 4. The normalized spacial score (nSPS) is 21.0. The number of hydrogen-bond acceptors (Lipinski definition) is 4. The van der Waals surface area contributed by atoms with E-state index in [1.54, 1.807) is 6.33 Å². The molecule has 2 heterocycles. The lowest BCUT2D eigenvalue weighted by Gasteiger charge is -2.35. The Morgan fingerprint density at radius 2 is 2.13 bits per heavy atom. The third-order valence-corrected chi connectivity index (χ3v) is 4.63. The minimum atomic E-state index is -0.282. The molecule has 3 atom stereocenters. The summed E-state index contributed by atoms with van der Waals surface area (Å²) in [4.78, 5) is 18.7. The predicted molar refractivity (Wildman–Crippen MR) is 87.4 cm³/mol. The molecule has 0 radical (unpaired) electrons. The highest BCUT2D eigenvalue weighted by atomic mass is 16.2. The number of amides is 1. The minimum absolute atomic E-state index is 0.117. The van der Waals surface area contributed by atoms with Gasteiger partial charge in [-0.05, 0) is 18.4 Å². The van der Waals surface area contributed by atoms with E-state index in [9.17, 15) is 4.79 Å². The van der Waals surface area contributed by atoms with E-state index in [4.69, 9.17) is 5.73 Å². The van der Waals surface area contributed by atoms with Gasteiger partial charge in [-0.3, -0.25) is 4.79 Å². The van der Waals surface area contributed by atoms with Gasteiger partial charge in [-0.2, -0.15) is 5.10 Å². The summed E-state index contributed by atoms with van der Waals surface area (Å²) in [6.45, 7) is 3.38. The fourth-order valence-corrected chi connectivity index (χ4v) is 3.18.